The van der Waals surface area contributed by atoms with Gasteiger partial charge in [0.1, 0.15) is 0 Å². The molecule has 0 aliphatic heterocycles. The zero-order valence-electron chi connectivity index (χ0n) is 5.72. The third-order valence-corrected chi connectivity index (χ3v) is 0.807. The van der Waals surface area contributed by atoms with E-state index < -0.39 is 21.7 Å². The van der Waals surface area contributed by atoms with Gasteiger partial charge in [-0.3, -0.25) is 30.5 Å². The lowest BCUT2D eigenvalue weighted by atomic mass is 10.7. The third kappa shape index (κ3) is 2.25. The molecule has 0 unspecified atom stereocenters. The van der Waals surface area contributed by atoms with Crippen LogP contribution in [0.2, 0.25) is 0 Å². The molecule has 11 heteroatoms. The van der Waals surface area contributed by atoms with Crippen molar-refractivity contribution in [1.82, 2.24) is 10.3 Å². The molecule has 1 heterocycles. The Morgan fingerprint density at radius 1 is 1.08 bits per heavy atom. The predicted octanol–water partition coefficient (Wildman–Crippen LogP) is 0.463. The molecule has 70 valence electrons. The quantitative estimate of drug-likeness (QED) is 0.490. The first-order valence-electron chi connectivity index (χ1n) is 2.64. The van der Waals surface area contributed by atoms with Crippen LogP contribution in [0.1, 0.15) is 0 Å². The van der Waals surface area contributed by atoms with Crippen molar-refractivity contribution in [2.24, 2.45) is 0 Å². The van der Waals surface area contributed by atoms with Gasteiger partial charge < -0.3 is 4.63 Å². The van der Waals surface area contributed by atoms with Gasteiger partial charge in [-0.05, 0) is 0 Å². The predicted molar refractivity (Wildman–Crippen MR) is 34.3 cm³/mol. The molecule has 0 amide bonds. The average Bonchev–Trinajstić information content (AvgIpc) is 2.34. The van der Waals surface area contributed by atoms with Gasteiger partial charge in [0.25, 0.3) is 0 Å². The average molecular weight is 188 g/mol. The molecule has 0 atom stereocenters. The summed E-state index contributed by atoms with van der Waals surface area (Å²) in [5, 5.41) is 23.3. The minimum absolute atomic E-state index is 0.651. The van der Waals surface area contributed by atoms with Crippen molar-refractivity contribution in [3.05, 3.63) is 31.1 Å². The van der Waals surface area contributed by atoms with Gasteiger partial charge >= 0.3 is 0 Å². The fraction of sp³-hybridized carbons (Fsp3) is 0. The van der Waals surface area contributed by atoms with Crippen LogP contribution in [-0.4, -0.2) is 20.4 Å². The molecule has 0 spiro atoms. The SMILES string of the molecule is O=[N+]([O-])[N-]c1nonc1[N-][N+](=O)[O-]. The van der Waals surface area contributed by atoms with E-state index in [-0.39, 0.29) is 0 Å². The van der Waals surface area contributed by atoms with Crippen molar-refractivity contribution in [2.75, 3.05) is 0 Å². The highest BCUT2D eigenvalue weighted by atomic mass is 16.7. The van der Waals surface area contributed by atoms with Crippen LogP contribution in [0.5, 0.6) is 0 Å². The molecule has 1 rings (SSSR count). The second kappa shape index (κ2) is 3.29. The van der Waals surface area contributed by atoms with Gasteiger partial charge in [0.05, 0.1) is 10.1 Å². The van der Waals surface area contributed by atoms with Crippen LogP contribution in [0.25, 0.3) is 10.9 Å². The molecule has 13 heavy (non-hydrogen) atoms. The standard InChI is InChI=1S/C2N6O5/c9-7(10)3-1-2(4-8(11)12)6-13-5-1/q-2. The van der Waals surface area contributed by atoms with Crippen LogP contribution in [0.3, 0.4) is 0 Å². The van der Waals surface area contributed by atoms with Crippen LogP contribution < -0.4 is 0 Å². The van der Waals surface area contributed by atoms with Gasteiger partial charge in [-0.2, -0.15) is 0 Å². The first kappa shape index (κ1) is 8.63. The zero-order chi connectivity index (χ0) is 9.84. The van der Waals surface area contributed by atoms with Gasteiger partial charge in [0.15, 0.2) is 0 Å². The van der Waals surface area contributed by atoms with Gasteiger partial charge in [-0.25, -0.2) is 0 Å². The van der Waals surface area contributed by atoms with E-state index in [1.807, 2.05) is 0 Å². The molecule has 0 bridgehead atoms. The van der Waals surface area contributed by atoms with E-state index >= 15 is 0 Å². The molecule has 0 saturated carbocycles. The highest BCUT2D eigenvalue weighted by molar-refractivity contribution is 5.60. The Hall–Kier alpha value is -2.46. The molecular formula is C2N6O5-2. The summed E-state index contributed by atoms with van der Waals surface area (Å²) in [5.41, 5.74) is 5.26. The molecular weight excluding hydrogens is 188 g/mol. The molecule has 0 aromatic carbocycles. The summed E-state index contributed by atoms with van der Waals surface area (Å²) >= 11 is 0. The van der Waals surface area contributed by atoms with Gasteiger partial charge in [0.2, 0.25) is 0 Å². The summed E-state index contributed by atoms with van der Waals surface area (Å²) in [6.45, 7) is 0. The summed E-state index contributed by atoms with van der Waals surface area (Å²) in [4.78, 5) is 19.6. The number of hydrogen-bond donors (Lipinski definition) is 0. The monoisotopic (exact) mass is 188 g/mol. The fourth-order valence-electron chi connectivity index (χ4n) is 0.460. The molecule has 0 aliphatic carbocycles. The Labute approximate surface area is 68.9 Å². The zero-order valence-corrected chi connectivity index (χ0v) is 5.72. The molecule has 1 aromatic rings. The van der Waals surface area contributed by atoms with Crippen molar-refractivity contribution < 1.29 is 14.7 Å². The van der Waals surface area contributed by atoms with Crippen LogP contribution in [-0.2, 0) is 0 Å². The van der Waals surface area contributed by atoms with Crippen LogP contribution in [0.4, 0.5) is 11.6 Å². The number of hydrogen-bond acceptors (Lipinski definition) is 7. The van der Waals surface area contributed by atoms with Gasteiger partial charge in [0, 0.05) is 11.6 Å². The van der Waals surface area contributed by atoms with Crippen molar-refractivity contribution in [3.63, 3.8) is 0 Å². The first-order chi connectivity index (χ1) is 6.09. The summed E-state index contributed by atoms with van der Waals surface area (Å²) in [7, 11) is 0. The minimum atomic E-state index is -1.10. The molecule has 0 saturated heterocycles. The number of aromatic nitrogens is 2. The van der Waals surface area contributed by atoms with Gasteiger partial charge in [-0.1, -0.05) is 0 Å². The maximum atomic E-state index is 9.82. The largest absolute Gasteiger partial charge is 0.452 e. The lowest BCUT2D eigenvalue weighted by Crippen LogP contribution is -1.89. The Balaban J connectivity index is 2.76. The Morgan fingerprint density at radius 2 is 1.46 bits per heavy atom. The Morgan fingerprint density at radius 3 is 1.77 bits per heavy atom. The summed E-state index contributed by atoms with van der Waals surface area (Å²) in [6.07, 6.45) is 0. The molecule has 11 nitrogen and oxygen atoms in total. The number of nitro groups is 2. The van der Waals surface area contributed by atoms with E-state index in [0.29, 0.717) is 0 Å². The second-order valence-corrected chi connectivity index (χ2v) is 1.59. The number of rotatable bonds is 4. The third-order valence-electron chi connectivity index (χ3n) is 0.807. The number of nitrogens with zero attached hydrogens (tertiary/aromatic N) is 6. The maximum Gasteiger partial charge on any atom is 0.0899 e. The molecule has 0 aliphatic rings. The van der Waals surface area contributed by atoms with E-state index in [4.69, 9.17) is 0 Å². The van der Waals surface area contributed by atoms with Gasteiger partial charge in [-0.15, -0.1) is 10.9 Å². The topological polar surface area (TPSA) is 153 Å². The van der Waals surface area contributed by atoms with Crippen molar-refractivity contribution in [1.29, 1.82) is 0 Å². The molecule has 0 N–H and O–H groups in total. The Bertz CT molecular complexity index is 301. The molecule has 0 radical (unpaired) electrons. The minimum Gasteiger partial charge on any atom is -0.452 e. The highest BCUT2D eigenvalue weighted by Crippen LogP contribution is 2.29. The first-order valence-corrected chi connectivity index (χ1v) is 2.64. The van der Waals surface area contributed by atoms with E-state index in [0.717, 1.165) is 0 Å². The summed E-state index contributed by atoms with van der Waals surface area (Å²) in [6, 6.07) is 0. The maximum absolute atomic E-state index is 9.82. The summed E-state index contributed by atoms with van der Waals surface area (Å²) in [5.74, 6) is -1.30. The molecule has 0 fully saturated rings. The van der Waals surface area contributed by atoms with Crippen LogP contribution in [0.15, 0.2) is 4.63 Å². The van der Waals surface area contributed by atoms with E-state index in [1.165, 1.54) is 0 Å². The van der Waals surface area contributed by atoms with Crippen molar-refractivity contribution in [3.8, 4) is 0 Å². The van der Waals surface area contributed by atoms with Crippen LogP contribution in [0, 0.1) is 20.2 Å². The smallest absolute Gasteiger partial charge is 0.0899 e. The summed E-state index contributed by atoms with van der Waals surface area (Å²) < 4.78 is 3.95. The van der Waals surface area contributed by atoms with E-state index in [2.05, 4.69) is 25.8 Å². The fourth-order valence-corrected chi connectivity index (χ4v) is 0.460. The van der Waals surface area contributed by atoms with E-state index in [9.17, 15) is 20.2 Å². The van der Waals surface area contributed by atoms with Crippen LogP contribution >= 0.6 is 0 Å². The molecule has 1 aromatic heterocycles. The lowest BCUT2D eigenvalue weighted by Gasteiger charge is -2.03. The normalized spacial score (nSPS) is 9.23. The van der Waals surface area contributed by atoms with E-state index in [1.54, 1.807) is 0 Å². The lowest BCUT2D eigenvalue weighted by molar-refractivity contribution is -0.422. The van der Waals surface area contributed by atoms with Crippen molar-refractivity contribution in [2.45, 2.75) is 0 Å². The Kier molecular flexibility index (Phi) is 2.19. The highest BCUT2D eigenvalue weighted by Gasteiger charge is 2.01. The second-order valence-electron chi connectivity index (χ2n) is 1.59. The van der Waals surface area contributed by atoms with Crippen molar-refractivity contribution >= 4 is 11.6 Å².